The van der Waals surface area contributed by atoms with Gasteiger partial charge in [-0.1, -0.05) is 320 Å². The number of aliphatic hydroxyl groups excluding tert-OH is 5. The Morgan fingerprint density at radius 2 is 0.756 bits per heavy atom. The highest BCUT2D eigenvalue weighted by atomic mass is 16.7. The quantitative estimate of drug-likeness (QED) is 0.0261. The zero-order valence-electron chi connectivity index (χ0n) is 51.4. The molecule has 460 valence electrons. The lowest BCUT2D eigenvalue weighted by Crippen LogP contribution is -2.60. The Labute approximate surface area is 482 Å². The van der Waals surface area contributed by atoms with Gasteiger partial charge in [-0.25, -0.2) is 0 Å². The second-order valence-corrected chi connectivity index (χ2v) is 24.0. The van der Waals surface area contributed by atoms with Crippen LogP contribution in [-0.4, -0.2) is 87.5 Å². The Morgan fingerprint density at radius 1 is 0.436 bits per heavy atom. The first-order valence-electron chi connectivity index (χ1n) is 34.2. The minimum atomic E-state index is -1.57. The van der Waals surface area contributed by atoms with Gasteiger partial charge in [0.25, 0.3) is 0 Å². The maximum atomic E-state index is 13.1. The average Bonchev–Trinajstić information content (AvgIpc) is 3.45. The van der Waals surface area contributed by atoms with E-state index in [1.165, 1.54) is 276 Å². The topological polar surface area (TPSA) is 149 Å². The van der Waals surface area contributed by atoms with Gasteiger partial charge in [0.2, 0.25) is 5.91 Å². The van der Waals surface area contributed by atoms with Crippen molar-refractivity contribution in [1.82, 2.24) is 5.32 Å². The number of carbonyl (C=O) groups is 1. The number of aliphatic hydroxyl groups is 5. The summed E-state index contributed by atoms with van der Waals surface area (Å²) in [6.45, 7) is 3.82. The summed E-state index contributed by atoms with van der Waals surface area (Å²) in [5.74, 6) is -0.171. The Hall–Kier alpha value is -1.59. The molecule has 1 saturated heterocycles. The van der Waals surface area contributed by atoms with Crippen LogP contribution in [0.3, 0.4) is 0 Å². The van der Waals surface area contributed by atoms with Gasteiger partial charge in [-0.05, 0) is 51.4 Å². The molecule has 1 amide bonds. The molecule has 78 heavy (non-hydrogen) atoms. The highest BCUT2D eigenvalue weighted by Gasteiger charge is 2.44. The van der Waals surface area contributed by atoms with E-state index in [0.29, 0.717) is 6.42 Å². The molecule has 1 heterocycles. The Bertz CT molecular complexity index is 1320. The Morgan fingerprint density at radius 3 is 1.10 bits per heavy atom. The van der Waals surface area contributed by atoms with Gasteiger partial charge < -0.3 is 40.3 Å². The van der Waals surface area contributed by atoms with Crippen molar-refractivity contribution >= 4 is 5.91 Å². The second kappa shape index (κ2) is 58.6. The maximum absolute atomic E-state index is 13.1. The molecule has 6 N–H and O–H groups in total. The number of hydrogen-bond acceptors (Lipinski definition) is 8. The van der Waals surface area contributed by atoms with Crippen LogP contribution in [-0.2, 0) is 14.3 Å². The number of hydrogen-bond donors (Lipinski definition) is 6. The van der Waals surface area contributed by atoms with Crippen LogP contribution in [0.15, 0.2) is 36.5 Å². The third-order valence-electron chi connectivity index (χ3n) is 16.5. The van der Waals surface area contributed by atoms with Gasteiger partial charge >= 0.3 is 0 Å². The highest BCUT2D eigenvalue weighted by Crippen LogP contribution is 2.23. The van der Waals surface area contributed by atoms with Crippen LogP contribution in [0, 0.1) is 0 Å². The summed E-state index contributed by atoms with van der Waals surface area (Å²) < 4.78 is 11.3. The summed E-state index contributed by atoms with van der Waals surface area (Å²) in [4.78, 5) is 13.1. The van der Waals surface area contributed by atoms with E-state index in [9.17, 15) is 30.3 Å². The molecule has 1 rings (SSSR count). The monoisotopic (exact) mass is 1100 g/mol. The molecule has 9 nitrogen and oxygen atoms in total. The fraction of sp³-hybridized carbons (Fsp3) is 0.899. The summed E-state index contributed by atoms with van der Waals surface area (Å²) >= 11 is 0. The minimum Gasteiger partial charge on any atom is -0.394 e. The summed E-state index contributed by atoms with van der Waals surface area (Å²) in [5, 5.41) is 54.6. The van der Waals surface area contributed by atoms with E-state index in [2.05, 4.69) is 43.5 Å². The van der Waals surface area contributed by atoms with Gasteiger partial charge in [-0.3, -0.25) is 4.79 Å². The molecule has 0 radical (unpaired) electrons. The zero-order valence-corrected chi connectivity index (χ0v) is 51.4. The van der Waals surface area contributed by atoms with Crippen LogP contribution in [0.5, 0.6) is 0 Å². The van der Waals surface area contributed by atoms with Gasteiger partial charge in [0.1, 0.15) is 24.4 Å². The predicted octanol–water partition coefficient (Wildman–Crippen LogP) is 18.3. The molecule has 7 unspecified atom stereocenters. The predicted molar refractivity (Wildman–Crippen MR) is 332 cm³/mol. The molecule has 0 bridgehead atoms. The first-order valence-corrected chi connectivity index (χ1v) is 34.2. The molecular formula is C69H131NO8. The van der Waals surface area contributed by atoms with Crippen LogP contribution in [0.2, 0.25) is 0 Å². The van der Waals surface area contributed by atoms with Gasteiger partial charge in [0.15, 0.2) is 6.29 Å². The van der Waals surface area contributed by atoms with Crippen LogP contribution in [0.25, 0.3) is 0 Å². The number of ether oxygens (including phenoxy) is 2. The standard InChI is InChI=1S/C69H131NO8/c1-3-5-7-9-11-13-15-17-19-21-23-24-25-26-27-28-29-30-31-32-33-34-35-36-37-38-39-40-41-43-45-47-49-51-53-55-57-59-65(73)70-62(61-77-69-68(76)67(75)66(74)64(60-71)78-69)63(72)58-56-54-52-50-48-46-44-42-22-20-18-16-14-12-10-8-6-4-2/h27-28,30-31,56,58,62-64,66-69,71-72,74-76H,3-26,29,32-55,57,59-61H2,1-2H3,(H,70,73)/b28-27-,31-30-,58-56+. The number of unbranched alkanes of at least 4 members (excludes halogenated alkanes) is 46. The lowest BCUT2D eigenvalue weighted by Gasteiger charge is -2.40. The van der Waals surface area contributed by atoms with Crippen molar-refractivity contribution < 1.29 is 39.8 Å². The molecule has 0 aliphatic carbocycles. The van der Waals surface area contributed by atoms with E-state index in [1.807, 2.05) is 6.08 Å². The fourth-order valence-corrected chi connectivity index (χ4v) is 11.1. The summed E-state index contributed by atoms with van der Waals surface area (Å²) in [7, 11) is 0. The van der Waals surface area contributed by atoms with Crippen LogP contribution >= 0.6 is 0 Å². The van der Waals surface area contributed by atoms with Crippen LogP contribution < -0.4 is 5.32 Å². The third kappa shape index (κ3) is 47.0. The molecule has 0 spiro atoms. The van der Waals surface area contributed by atoms with Crippen molar-refractivity contribution in [2.24, 2.45) is 0 Å². The first kappa shape index (κ1) is 74.4. The molecule has 0 aromatic rings. The molecule has 0 aromatic carbocycles. The van der Waals surface area contributed by atoms with Crippen molar-refractivity contribution in [3.63, 3.8) is 0 Å². The van der Waals surface area contributed by atoms with Crippen molar-refractivity contribution in [2.45, 2.75) is 384 Å². The van der Waals surface area contributed by atoms with E-state index < -0.39 is 49.5 Å². The van der Waals surface area contributed by atoms with Crippen molar-refractivity contribution in [2.75, 3.05) is 13.2 Å². The van der Waals surface area contributed by atoms with Gasteiger partial charge in [-0.2, -0.15) is 0 Å². The van der Waals surface area contributed by atoms with Crippen molar-refractivity contribution in [3.8, 4) is 0 Å². The highest BCUT2D eigenvalue weighted by molar-refractivity contribution is 5.76. The Kier molecular flexibility index (Phi) is 55.9. The van der Waals surface area contributed by atoms with Gasteiger partial charge in [-0.15, -0.1) is 0 Å². The minimum absolute atomic E-state index is 0.171. The lowest BCUT2D eigenvalue weighted by atomic mass is 9.99. The Balaban J connectivity index is 2.08. The van der Waals surface area contributed by atoms with Crippen LogP contribution in [0.1, 0.15) is 341 Å². The summed E-state index contributed by atoms with van der Waals surface area (Å²) in [6, 6.07) is -0.804. The van der Waals surface area contributed by atoms with Gasteiger partial charge in [0, 0.05) is 6.42 Å². The molecule has 1 aliphatic heterocycles. The van der Waals surface area contributed by atoms with E-state index in [4.69, 9.17) is 9.47 Å². The average molecular weight is 1100 g/mol. The number of allylic oxidation sites excluding steroid dienone is 5. The number of rotatable bonds is 60. The number of nitrogens with one attached hydrogen (secondary N) is 1. The summed E-state index contributed by atoms with van der Waals surface area (Å²) in [5.41, 5.74) is 0. The molecule has 0 aromatic heterocycles. The molecular weight excluding hydrogens is 971 g/mol. The van der Waals surface area contributed by atoms with Gasteiger partial charge in [0.05, 0.1) is 25.4 Å². The summed E-state index contributed by atoms with van der Waals surface area (Å²) in [6.07, 6.45) is 71.1. The molecule has 7 atom stereocenters. The second-order valence-electron chi connectivity index (χ2n) is 24.0. The van der Waals surface area contributed by atoms with E-state index >= 15 is 0 Å². The third-order valence-corrected chi connectivity index (χ3v) is 16.5. The van der Waals surface area contributed by atoms with E-state index in [0.717, 1.165) is 44.9 Å². The van der Waals surface area contributed by atoms with E-state index in [-0.39, 0.29) is 12.5 Å². The SMILES string of the molecule is CCCCCCCCCCCCCCC/C=C\C/C=C\CCCCCCCCCCCCCCCCCCCC(=O)NC(COC1OC(CO)C(O)C(O)C1O)C(O)/C=C/CCCCCCCCCCCCCCCCCC. The lowest BCUT2D eigenvalue weighted by molar-refractivity contribution is -0.302. The smallest absolute Gasteiger partial charge is 0.220 e. The molecule has 9 heteroatoms. The van der Waals surface area contributed by atoms with Crippen LogP contribution in [0.4, 0.5) is 0 Å². The number of carbonyl (C=O) groups excluding carboxylic acids is 1. The van der Waals surface area contributed by atoms with Crippen molar-refractivity contribution in [1.29, 1.82) is 0 Å². The fourth-order valence-electron chi connectivity index (χ4n) is 11.1. The maximum Gasteiger partial charge on any atom is 0.220 e. The van der Waals surface area contributed by atoms with Crippen molar-refractivity contribution in [3.05, 3.63) is 36.5 Å². The molecule has 1 aliphatic rings. The molecule has 0 saturated carbocycles. The largest absolute Gasteiger partial charge is 0.394 e. The number of amides is 1. The molecule has 1 fully saturated rings. The zero-order chi connectivity index (χ0) is 56.5. The van der Waals surface area contributed by atoms with E-state index in [1.54, 1.807) is 6.08 Å². The normalized spacial score (nSPS) is 18.8. The first-order chi connectivity index (χ1) is 38.3.